The first kappa shape index (κ1) is 7.19. The van der Waals surface area contributed by atoms with Gasteiger partial charge in [0, 0.05) is 6.42 Å². The summed E-state index contributed by atoms with van der Waals surface area (Å²) in [6.45, 7) is 2.16. The Balaban J connectivity index is 2.21. The standard InChI is InChI=1S/C8H12NO/c1-2-3-4-8-7-9-5-6-10-8/h5-7H,2-4H2,1H3. The lowest BCUT2D eigenvalue weighted by Crippen LogP contribution is -1.97. The Morgan fingerprint density at radius 3 is 3.10 bits per heavy atom. The average molecular weight is 138 g/mol. The van der Waals surface area contributed by atoms with Crippen LogP contribution in [0, 0.1) is 0 Å². The van der Waals surface area contributed by atoms with E-state index in [1.807, 2.05) is 0 Å². The van der Waals surface area contributed by atoms with Gasteiger partial charge in [-0.1, -0.05) is 13.3 Å². The third-order valence-electron chi connectivity index (χ3n) is 1.36. The molecular formula is C8H12NO. The van der Waals surface area contributed by atoms with Crippen molar-refractivity contribution in [3.63, 3.8) is 0 Å². The van der Waals surface area contributed by atoms with Gasteiger partial charge in [-0.15, -0.1) is 0 Å². The molecule has 0 aromatic heterocycles. The Hall–Kier alpha value is -0.920. The van der Waals surface area contributed by atoms with Gasteiger partial charge in [0.05, 0.1) is 12.4 Å². The number of allylic oxidation sites excluding steroid dienone is 1. The fraction of sp³-hybridized carbons (Fsp3) is 0.500. The van der Waals surface area contributed by atoms with Crippen LogP contribution in [-0.2, 0) is 4.74 Å². The van der Waals surface area contributed by atoms with Crippen LogP contribution in [0.2, 0.25) is 0 Å². The van der Waals surface area contributed by atoms with Crippen molar-refractivity contribution in [3.05, 3.63) is 24.4 Å². The number of ether oxygens (including phenoxy) is 1. The molecule has 0 unspecified atom stereocenters. The highest BCUT2D eigenvalue weighted by molar-refractivity contribution is 5.00. The van der Waals surface area contributed by atoms with E-state index in [2.05, 4.69) is 12.2 Å². The van der Waals surface area contributed by atoms with E-state index in [1.165, 1.54) is 12.8 Å². The van der Waals surface area contributed by atoms with Crippen molar-refractivity contribution in [1.29, 1.82) is 0 Å². The summed E-state index contributed by atoms with van der Waals surface area (Å²) in [7, 11) is 0. The monoisotopic (exact) mass is 138 g/mol. The fourth-order valence-corrected chi connectivity index (χ4v) is 0.784. The van der Waals surface area contributed by atoms with Gasteiger partial charge in [0.25, 0.3) is 0 Å². The first-order chi connectivity index (χ1) is 4.93. The van der Waals surface area contributed by atoms with Crippen LogP contribution in [0.25, 0.3) is 0 Å². The first-order valence-electron chi connectivity index (χ1n) is 3.64. The van der Waals surface area contributed by atoms with Crippen LogP contribution < -0.4 is 5.32 Å². The molecule has 0 aliphatic carbocycles. The minimum Gasteiger partial charge on any atom is -0.466 e. The van der Waals surface area contributed by atoms with Crippen LogP contribution >= 0.6 is 0 Å². The molecular weight excluding hydrogens is 126 g/mol. The van der Waals surface area contributed by atoms with Crippen LogP contribution in [0.1, 0.15) is 26.2 Å². The summed E-state index contributed by atoms with van der Waals surface area (Å²) in [5, 5.41) is 3.94. The van der Waals surface area contributed by atoms with Gasteiger partial charge in [0.1, 0.15) is 12.0 Å². The first-order valence-corrected chi connectivity index (χ1v) is 3.64. The Morgan fingerprint density at radius 2 is 2.50 bits per heavy atom. The lowest BCUT2D eigenvalue weighted by atomic mass is 10.2. The summed E-state index contributed by atoms with van der Waals surface area (Å²) in [4.78, 5) is 0. The highest BCUT2D eigenvalue weighted by atomic mass is 16.5. The van der Waals surface area contributed by atoms with Crippen molar-refractivity contribution in [2.75, 3.05) is 0 Å². The molecule has 1 radical (unpaired) electrons. The Morgan fingerprint density at radius 1 is 1.60 bits per heavy atom. The third kappa shape index (κ3) is 2.13. The molecule has 1 heterocycles. The molecule has 1 aliphatic rings. The van der Waals surface area contributed by atoms with Gasteiger partial charge < -0.3 is 4.74 Å². The van der Waals surface area contributed by atoms with Gasteiger partial charge in [0.2, 0.25) is 0 Å². The average Bonchev–Trinajstić information content (AvgIpc) is 2.03. The molecule has 0 aromatic rings. The highest BCUT2D eigenvalue weighted by Gasteiger charge is 1.98. The van der Waals surface area contributed by atoms with E-state index >= 15 is 0 Å². The molecule has 10 heavy (non-hydrogen) atoms. The Labute approximate surface area is 61.6 Å². The quantitative estimate of drug-likeness (QED) is 0.586. The van der Waals surface area contributed by atoms with Gasteiger partial charge in [-0.05, 0) is 6.42 Å². The summed E-state index contributed by atoms with van der Waals surface area (Å²) < 4.78 is 5.17. The summed E-state index contributed by atoms with van der Waals surface area (Å²) in [5.41, 5.74) is 0. The third-order valence-corrected chi connectivity index (χ3v) is 1.36. The molecule has 0 amide bonds. The SMILES string of the molecule is CCCCC1=C[N]C=CO1. The second-order valence-corrected chi connectivity index (χ2v) is 2.25. The number of nitrogens with zero attached hydrogens (tertiary/aromatic N) is 1. The number of unbranched alkanes of at least 4 members (excludes halogenated alkanes) is 1. The normalized spacial score (nSPS) is 15.5. The van der Waals surface area contributed by atoms with E-state index < -0.39 is 0 Å². The van der Waals surface area contributed by atoms with E-state index in [-0.39, 0.29) is 0 Å². The number of hydrogen-bond acceptors (Lipinski definition) is 1. The summed E-state index contributed by atoms with van der Waals surface area (Å²) in [6.07, 6.45) is 8.42. The van der Waals surface area contributed by atoms with Gasteiger partial charge in [-0.3, -0.25) is 5.32 Å². The maximum atomic E-state index is 5.17. The molecule has 0 bridgehead atoms. The van der Waals surface area contributed by atoms with Crippen molar-refractivity contribution >= 4 is 0 Å². The van der Waals surface area contributed by atoms with Crippen LogP contribution in [0.15, 0.2) is 24.4 Å². The summed E-state index contributed by atoms with van der Waals surface area (Å²) in [6, 6.07) is 0. The van der Waals surface area contributed by atoms with Gasteiger partial charge in [-0.25, -0.2) is 0 Å². The maximum absolute atomic E-state index is 5.17. The van der Waals surface area contributed by atoms with Gasteiger partial charge in [-0.2, -0.15) is 0 Å². The van der Waals surface area contributed by atoms with Crippen molar-refractivity contribution in [2.24, 2.45) is 0 Å². The van der Waals surface area contributed by atoms with Crippen molar-refractivity contribution < 1.29 is 4.74 Å². The zero-order valence-corrected chi connectivity index (χ0v) is 6.21. The largest absolute Gasteiger partial charge is 0.466 e. The fourth-order valence-electron chi connectivity index (χ4n) is 0.784. The molecule has 55 valence electrons. The molecule has 1 rings (SSSR count). The molecule has 2 nitrogen and oxygen atoms in total. The van der Waals surface area contributed by atoms with Crippen LogP contribution in [0.5, 0.6) is 0 Å². The molecule has 2 heteroatoms. The molecule has 1 aliphatic heterocycles. The van der Waals surface area contributed by atoms with Crippen LogP contribution in [-0.4, -0.2) is 0 Å². The Kier molecular flexibility index (Phi) is 2.87. The molecule has 0 atom stereocenters. The van der Waals surface area contributed by atoms with Crippen LogP contribution in [0.3, 0.4) is 0 Å². The van der Waals surface area contributed by atoms with E-state index in [9.17, 15) is 0 Å². The van der Waals surface area contributed by atoms with E-state index in [1.54, 1.807) is 18.7 Å². The summed E-state index contributed by atoms with van der Waals surface area (Å²) >= 11 is 0. The second-order valence-electron chi connectivity index (χ2n) is 2.25. The smallest absolute Gasteiger partial charge is 0.121 e. The minimum absolute atomic E-state index is 0.976. The molecule has 0 fully saturated rings. The Bertz CT molecular complexity index is 149. The summed E-state index contributed by atoms with van der Waals surface area (Å²) in [5.74, 6) is 0.976. The highest BCUT2D eigenvalue weighted by Crippen LogP contribution is 2.10. The molecule has 0 saturated heterocycles. The predicted octanol–water partition coefficient (Wildman–Crippen LogP) is 2.12. The molecule has 0 spiro atoms. The zero-order chi connectivity index (χ0) is 7.23. The van der Waals surface area contributed by atoms with Crippen LogP contribution in [0.4, 0.5) is 0 Å². The molecule has 0 N–H and O–H groups in total. The zero-order valence-electron chi connectivity index (χ0n) is 6.21. The topological polar surface area (TPSA) is 23.3 Å². The van der Waals surface area contributed by atoms with Crippen molar-refractivity contribution in [2.45, 2.75) is 26.2 Å². The lowest BCUT2D eigenvalue weighted by Gasteiger charge is -2.07. The second kappa shape index (κ2) is 3.99. The molecule has 0 aromatic carbocycles. The van der Waals surface area contributed by atoms with E-state index in [0.29, 0.717) is 0 Å². The number of rotatable bonds is 3. The van der Waals surface area contributed by atoms with Crippen molar-refractivity contribution in [1.82, 2.24) is 5.32 Å². The van der Waals surface area contributed by atoms with Gasteiger partial charge in [0.15, 0.2) is 0 Å². The minimum atomic E-state index is 0.976. The van der Waals surface area contributed by atoms with E-state index in [0.717, 1.165) is 12.2 Å². The van der Waals surface area contributed by atoms with Crippen molar-refractivity contribution in [3.8, 4) is 0 Å². The predicted molar refractivity (Wildman–Crippen MR) is 40.0 cm³/mol. The maximum Gasteiger partial charge on any atom is 0.121 e. The van der Waals surface area contributed by atoms with E-state index in [4.69, 9.17) is 4.74 Å². The lowest BCUT2D eigenvalue weighted by molar-refractivity contribution is 0.317. The number of hydrogen-bond donors (Lipinski definition) is 0. The molecule has 0 saturated carbocycles. The van der Waals surface area contributed by atoms with Gasteiger partial charge >= 0.3 is 0 Å².